The Balaban J connectivity index is 0.00000180. The maximum absolute atomic E-state index is 11.6. The molecule has 1 heterocycles. The van der Waals surface area contributed by atoms with E-state index < -0.39 is 10.0 Å². The Morgan fingerprint density at radius 1 is 1.11 bits per heavy atom. The van der Waals surface area contributed by atoms with E-state index in [1.165, 1.54) is 19.2 Å². The van der Waals surface area contributed by atoms with Crippen LogP contribution >= 0.6 is 12.4 Å². The van der Waals surface area contributed by atoms with Gasteiger partial charge in [-0.15, -0.1) is 12.4 Å². The molecule has 0 saturated carbocycles. The van der Waals surface area contributed by atoms with E-state index in [0.717, 1.165) is 5.56 Å². The molecule has 0 unspecified atom stereocenters. The Labute approximate surface area is 118 Å². The van der Waals surface area contributed by atoms with Crippen LogP contribution in [-0.2, 0) is 10.0 Å². The molecule has 0 aliphatic heterocycles. The van der Waals surface area contributed by atoms with E-state index in [2.05, 4.69) is 9.71 Å². The highest BCUT2D eigenvalue weighted by atomic mass is 35.5. The summed E-state index contributed by atoms with van der Waals surface area (Å²) >= 11 is 0. The number of nitrogens with one attached hydrogen (secondary N) is 1. The van der Waals surface area contributed by atoms with Gasteiger partial charge in [0.2, 0.25) is 10.0 Å². The van der Waals surface area contributed by atoms with Gasteiger partial charge in [0.25, 0.3) is 0 Å². The molecular formula is C12H14ClN3O2S. The zero-order chi connectivity index (χ0) is 13.2. The van der Waals surface area contributed by atoms with Crippen molar-refractivity contribution in [1.82, 2.24) is 9.71 Å². The van der Waals surface area contributed by atoms with Crippen LogP contribution in [0.5, 0.6) is 0 Å². The van der Waals surface area contributed by atoms with Gasteiger partial charge < -0.3 is 5.73 Å². The van der Waals surface area contributed by atoms with Crippen molar-refractivity contribution in [2.75, 3.05) is 12.8 Å². The molecule has 19 heavy (non-hydrogen) atoms. The van der Waals surface area contributed by atoms with Crippen LogP contribution in [0.3, 0.4) is 0 Å². The van der Waals surface area contributed by atoms with Crippen LogP contribution in [0.2, 0.25) is 0 Å². The number of rotatable bonds is 3. The van der Waals surface area contributed by atoms with Crippen molar-refractivity contribution in [2.24, 2.45) is 0 Å². The first-order chi connectivity index (χ1) is 8.53. The smallest absolute Gasteiger partial charge is 0.240 e. The quantitative estimate of drug-likeness (QED) is 0.902. The molecule has 0 atom stereocenters. The van der Waals surface area contributed by atoms with Gasteiger partial charge >= 0.3 is 0 Å². The van der Waals surface area contributed by atoms with E-state index in [9.17, 15) is 8.42 Å². The largest absolute Gasteiger partial charge is 0.384 e. The van der Waals surface area contributed by atoms with Crippen molar-refractivity contribution in [3.05, 3.63) is 42.5 Å². The molecule has 1 aromatic heterocycles. The molecule has 5 nitrogen and oxygen atoms in total. The molecule has 2 rings (SSSR count). The van der Waals surface area contributed by atoms with Crippen LogP contribution in [0.25, 0.3) is 11.3 Å². The van der Waals surface area contributed by atoms with E-state index in [1.807, 2.05) is 6.07 Å². The number of aromatic nitrogens is 1. The second-order valence-corrected chi connectivity index (χ2v) is 5.57. The molecule has 3 N–H and O–H groups in total. The third-order valence-corrected chi connectivity index (χ3v) is 3.93. The topological polar surface area (TPSA) is 85.1 Å². The zero-order valence-electron chi connectivity index (χ0n) is 10.2. The molecule has 0 spiro atoms. The summed E-state index contributed by atoms with van der Waals surface area (Å²) in [6.45, 7) is 0. The minimum Gasteiger partial charge on any atom is -0.384 e. The number of nitrogens with zero attached hydrogens (tertiary/aromatic N) is 1. The first-order valence-corrected chi connectivity index (χ1v) is 6.78. The average molecular weight is 300 g/mol. The molecule has 0 aliphatic carbocycles. The number of halogens is 1. The first kappa shape index (κ1) is 15.4. The lowest BCUT2D eigenvalue weighted by atomic mass is 10.1. The highest BCUT2D eigenvalue weighted by Crippen LogP contribution is 2.20. The van der Waals surface area contributed by atoms with Crippen LogP contribution in [0.15, 0.2) is 47.4 Å². The van der Waals surface area contributed by atoms with Crippen LogP contribution in [0.1, 0.15) is 0 Å². The van der Waals surface area contributed by atoms with Gasteiger partial charge in [0.15, 0.2) is 0 Å². The number of sulfonamides is 1. The van der Waals surface area contributed by atoms with Crippen molar-refractivity contribution in [2.45, 2.75) is 4.90 Å². The second kappa shape index (κ2) is 6.01. The van der Waals surface area contributed by atoms with Crippen LogP contribution in [-0.4, -0.2) is 20.4 Å². The highest BCUT2D eigenvalue weighted by molar-refractivity contribution is 7.89. The minimum absolute atomic E-state index is 0. The second-order valence-electron chi connectivity index (χ2n) is 3.68. The number of hydrogen-bond donors (Lipinski definition) is 2. The van der Waals surface area contributed by atoms with Crippen molar-refractivity contribution >= 4 is 28.2 Å². The van der Waals surface area contributed by atoms with Gasteiger partial charge in [0.05, 0.1) is 10.6 Å². The number of hydrogen-bond acceptors (Lipinski definition) is 4. The van der Waals surface area contributed by atoms with E-state index >= 15 is 0 Å². The summed E-state index contributed by atoms with van der Waals surface area (Å²) in [5, 5.41) is 0. The fourth-order valence-electron chi connectivity index (χ4n) is 1.53. The lowest BCUT2D eigenvalue weighted by molar-refractivity contribution is 0.588. The molecule has 2 aromatic rings. The Kier molecular flexibility index (Phi) is 4.88. The maximum atomic E-state index is 11.6. The van der Waals surface area contributed by atoms with Crippen LogP contribution in [0, 0.1) is 0 Å². The molecule has 1 aromatic carbocycles. The molecule has 0 aliphatic rings. The van der Waals surface area contributed by atoms with Crippen molar-refractivity contribution in [3.63, 3.8) is 0 Å². The SMILES string of the molecule is CNS(=O)(=O)c1ccc(-c2cccc(N)n2)cc1.Cl. The predicted molar refractivity (Wildman–Crippen MR) is 77.6 cm³/mol. The van der Waals surface area contributed by atoms with Crippen molar-refractivity contribution < 1.29 is 8.42 Å². The number of nitrogens with two attached hydrogens (primary N) is 1. The summed E-state index contributed by atoms with van der Waals surface area (Å²) in [7, 11) is -2.02. The van der Waals surface area contributed by atoms with Gasteiger partial charge in [-0.25, -0.2) is 18.1 Å². The van der Waals surface area contributed by atoms with Crippen molar-refractivity contribution in [3.8, 4) is 11.3 Å². The molecule has 0 fully saturated rings. The first-order valence-electron chi connectivity index (χ1n) is 5.29. The maximum Gasteiger partial charge on any atom is 0.240 e. The molecule has 102 valence electrons. The fourth-order valence-corrected chi connectivity index (χ4v) is 2.27. The van der Waals surface area contributed by atoms with Gasteiger partial charge in [0.1, 0.15) is 5.82 Å². The summed E-state index contributed by atoms with van der Waals surface area (Å²) in [5.41, 5.74) is 7.13. The lowest BCUT2D eigenvalue weighted by Crippen LogP contribution is -2.18. The highest BCUT2D eigenvalue weighted by Gasteiger charge is 2.10. The van der Waals surface area contributed by atoms with Gasteiger partial charge in [-0.1, -0.05) is 18.2 Å². The monoisotopic (exact) mass is 299 g/mol. The third-order valence-electron chi connectivity index (χ3n) is 2.50. The number of anilines is 1. The molecule has 0 radical (unpaired) electrons. The number of pyridine rings is 1. The Morgan fingerprint density at radius 2 is 1.74 bits per heavy atom. The summed E-state index contributed by atoms with van der Waals surface area (Å²) in [5.74, 6) is 0.430. The molecule has 7 heteroatoms. The van der Waals surface area contributed by atoms with Crippen LogP contribution in [0.4, 0.5) is 5.82 Å². The van der Waals surface area contributed by atoms with Gasteiger partial charge in [-0.3, -0.25) is 0 Å². The van der Waals surface area contributed by atoms with Gasteiger partial charge in [0, 0.05) is 5.56 Å². The summed E-state index contributed by atoms with van der Waals surface area (Å²) < 4.78 is 25.4. The average Bonchev–Trinajstić information content (AvgIpc) is 2.39. The molecular weight excluding hydrogens is 286 g/mol. The van der Waals surface area contributed by atoms with E-state index in [1.54, 1.807) is 24.3 Å². The van der Waals surface area contributed by atoms with E-state index in [-0.39, 0.29) is 17.3 Å². The number of nitrogen functional groups attached to an aromatic ring is 1. The summed E-state index contributed by atoms with van der Waals surface area (Å²) in [6, 6.07) is 11.8. The summed E-state index contributed by atoms with van der Waals surface area (Å²) in [6.07, 6.45) is 0. The van der Waals surface area contributed by atoms with Crippen molar-refractivity contribution in [1.29, 1.82) is 0 Å². The summed E-state index contributed by atoms with van der Waals surface area (Å²) in [4.78, 5) is 4.39. The molecule has 0 saturated heterocycles. The number of benzene rings is 1. The fraction of sp³-hybridized carbons (Fsp3) is 0.0833. The van der Waals surface area contributed by atoms with Crippen LogP contribution < -0.4 is 10.5 Å². The minimum atomic E-state index is -3.40. The molecule has 0 amide bonds. The lowest BCUT2D eigenvalue weighted by Gasteiger charge is -2.05. The predicted octanol–water partition coefficient (Wildman–Crippen LogP) is 1.66. The Hall–Kier alpha value is -1.63. The molecule has 0 bridgehead atoms. The van der Waals surface area contributed by atoms with E-state index in [0.29, 0.717) is 11.5 Å². The Bertz CT molecular complexity index is 657. The Morgan fingerprint density at radius 3 is 2.26 bits per heavy atom. The standard InChI is InChI=1S/C12H13N3O2S.ClH/c1-14-18(16,17)10-7-5-9(6-8-10)11-3-2-4-12(13)15-11;/h2-8,14H,1H3,(H2,13,15);1H. The van der Waals surface area contributed by atoms with Gasteiger partial charge in [-0.2, -0.15) is 0 Å². The van der Waals surface area contributed by atoms with E-state index in [4.69, 9.17) is 5.73 Å². The normalized spacial score (nSPS) is 10.8. The third kappa shape index (κ3) is 3.44. The zero-order valence-corrected chi connectivity index (χ0v) is 11.8. The van der Waals surface area contributed by atoms with Gasteiger partial charge in [-0.05, 0) is 31.3 Å².